The summed E-state index contributed by atoms with van der Waals surface area (Å²) in [4.78, 5) is 11.0. The molecule has 0 saturated heterocycles. The van der Waals surface area contributed by atoms with Crippen molar-refractivity contribution >= 4 is 22.8 Å². The predicted octanol–water partition coefficient (Wildman–Crippen LogP) is 2.55. The molecule has 2 rings (SSSR count). The normalized spacial score (nSPS) is 10.3. The predicted molar refractivity (Wildman–Crippen MR) is 58.3 cm³/mol. The first kappa shape index (κ1) is 10.4. The van der Waals surface area contributed by atoms with Gasteiger partial charge in [-0.1, -0.05) is 0 Å². The Hall–Kier alpha value is -2.17. The van der Waals surface area contributed by atoms with Crippen molar-refractivity contribution in [1.82, 2.24) is 0 Å². The number of fused-ring (bicyclic) bond motifs is 1. The van der Waals surface area contributed by atoms with Gasteiger partial charge in [0.25, 0.3) is 5.95 Å². The number of carbonyl (C=O) groups is 1. The molecule has 0 aliphatic heterocycles. The molecule has 2 N–H and O–H groups in total. The van der Waals surface area contributed by atoms with Gasteiger partial charge in [-0.2, -0.15) is 0 Å². The Balaban J connectivity index is 2.23. The molecule has 16 heavy (non-hydrogen) atoms. The fourth-order valence-corrected chi connectivity index (χ4v) is 1.32. The topological polar surface area (TPSA) is 74.7 Å². The van der Waals surface area contributed by atoms with Crippen LogP contribution in [0.15, 0.2) is 28.7 Å². The smallest absolute Gasteiger partial charge is 0.434 e. The van der Waals surface area contributed by atoms with E-state index in [0.717, 1.165) is 5.39 Å². The van der Waals surface area contributed by atoms with Crippen molar-refractivity contribution in [2.24, 2.45) is 0 Å². The van der Waals surface area contributed by atoms with E-state index in [9.17, 15) is 4.79 Å². The van der Waals surface area contributed by atoms with Crippen LogP contribution in [0.3, 0.4) is 0 Å². The number of nitrogens with two attached hydrogens (primary N) is 1. The molecule has 1 aromatic heterocycles. The third kappa shape index (κ3) is 2.08. The lowest BCUT2D eigenvalue weighted by Gasteiger charge is -1.98. The Morgan fingerprint density at radius 2 is 2.25 bits per heavy atom. The van der Waals surface area contributed by atoms with Crippen molar-refractivity contribution < 1.29 is 18.7 Å². The van der Waals surface area contributed by atoms with Crippen LogP contribution in [0.1, 0.15) is 6.92 Å². The summed E-state index contributed by atoms with van der Waals surface area (Å²) in [5.41, 5.74) is 6.83. The fraction of sp³-hybridized carbons (Fsp3) is 0.182. The van der Waals surface area contributed by atoms with Gasteiger partial charge in [0.1, 0.15) is 5.58 Å². The number of rotatable bonds is 2. The van der Waals surface area contributed by atoms with Crippen molar-refractivity contribution in [3.63, 3.8) is 0 Å². The molecule has 0 unspecified atom stereocenters. The molecule has 0 spiro atoms. The molecule has 0 saturated carbocycles. The second kappa shape index (κ2) is 4.14. The summed E-state index contributed by atoms with van der Waals surface area (Å²) < 4.78 is 14.7. The number of furan rings is 1. The molecule has 0 bridgehead atoms. The number of nitrogen functional groups attached to an aromatic ring is 1. The summed E-state index contributed by atoms with van der Waals surface area (Å²) in [6.07, 6.45) is -0.783. The van der Waals surface area contributed by atoms with Gasteiger partial charge in [0, 0.05) is 17.1 Å². The van der Waals surface area contributed by atoms with Crippen LogP contribution >= 0.6 is 0 Å². The minimum absolute atomic E-state index is 0.0963. The molecule has 1 heterocycles. The van der Waals surface area contributed by atoms with Crippen LogP contribution in [0.4, 0.5) is 10.5 Å². The molecule has 5 nitrogen and oxygen atoms in total. The van der Waals surface area contributed by atoms with E-state index in [1.807, 2.05) is 0 Å². The van der Waals surface area contributed by atoms with Crippen molar-refractivity contribution in [3.05, 3.63) is 24.3 Å². The standard InChI is InChI=1S/C11H11NO4/c1-2-14-11(13)16-10-6-7-5-8(12)3-4-9(7)15-10/h3-6H,2,12H2,1H3. The molecule has 0 atom stereocenters. The number of ether oxygens (including phenoxy) is 2. The molecule has 84 valence electrons. The number of carbonyl (C=O) groups excluding carboxylic acids is 1. The van der Waals surface area contributed by atoms with Crippen LogP contribution in [0, 0.1) is 0 Å². The maximum absolute atomic E-state index is 11.0. The van der Waals surface area contributed by atoms with Gasteiger partial charge < -0.3 is 19.6 Å². The molecule has 5 heteroatoms. The van der Waals surface area contributed by atoms with Gasteiger partial charge in [0.15, 0.2) is 0 Å². The van der Waals surface area contributed by atoms with Crippen LogP contribution in [-0.4, -0.2) is 12.8 Å². The van der Waals surface area contributed by atoms with Crippen LogP contribution in [0.25, 0.3) is 11.0 Å². The van der Waals surface area contributed by atoms with E-state index in [1.165, 1.54) is 0 Å². The fourth-order valence-electron chi connectivity index (χ4n) is 1.32. The average Bonchev–Trinajstić information content (AvgIpc) is 2.59. The van der Waals surface area contributed by atoms with Gasteiger partial charge in [0.05, 0.1) is 6.61 Å². The summed E-state index contributed by atoms with van der Waals surface area (Å²) >= 11 is 0. The van der Waals surface area contributed by atoms with E-state index in [0.29, 0.717) is 11.3 Å². The minimum Gasteiger partial charge on any atom is -0.434 e. The van der Waals surface area contributed by atoms with Gasteiger partial charge >= 0.3 is 6.16 Å². The lowest BCUT2D eigenvalue weighted by molar-refractivity contribution is 0.0957. The van der Waals surface area contributed by atoms with Gasteiger partial charge in [-0.3, -0.25) is 0 Å². The zero-order chi connectivity index (χ0) is 11.5. The number of benzene rings is 1. The Morgan fingerprint density at radius 3 is 3.00 bits per heavy atom. The van der Waals surface area contributed by atoms with Crippen LogP contribution in [-0.2, 0) is 4.74 Å². The van der Waals surface area contributed by atoms with E-state index in [-0.39, 0.29) is 12.6 Å². The van der Waals surface area contributed by atoms with E-state index >= 15 is 0 Å². The lowest BCUT2D eigenvalue weighted by Crippen LogP contribution is -2.09. The molecule has 2 aromatic rings. The summed E-state index contributed by atoms with van der Waals surface area (Å²) in [7, 11) is 0. The van der Waals surface area contributed by atoms with Gasteiger partial charge in [-0.15, -0.1) is 0 Å². The summed E-state index contributed by atoms with van der Waals surface area (Å²) in [5, 5.41) is 0.777. The first-order valence-corrected chi connectivity index (χ1v) is 4.82. The second-order valence-corrected chi connectivity index (χ2v) is 3.15. The van der Waals surface area contributed by atoms with E-state index in [4.69, 9.17) is 14.9 Å². The third-order valence-corrected chi connectivity index (χ3v) is 1.96. The maximum Gasteiger partial charge on any atom is 0.516 e. The van der Waals surface area contributed by atoms with Crippen LogP contribution in [0.2, 0.25) is 0 Å². The Morgan fingerprint density at radius 1 is 1.44 bits per heavy atom. The van der Waals surface area contributed by atoms with E-state index < -0.39 is 6.16 Å². The van der Waals surface area contributed by atoms with Crippen molar-refractivity contribution in [1.29, 1.82) is 0 Å². The highest BCUT2D eigenvalue weighted by atomic mass is 16.8. The summed E-state index contributed by atoms with van der Waals surface area (Å²) in [6, 6.07) is 6.74. The van der Waals surface area contributed by atoms with Gasteiger partial charge in [-0.05, 0) is 25.1 Å². The van der Waals surface area contributed by atoms with Gasteiger partial charge in [-0.25, -0.2) is 4.79 Å². The summed E-state index contributed by atoms with van der Waals surface area (Å²) in [6.45, 7) is 1.95. The first-order chi connectivity index (χ1) is 7.69. The van der Waals surface area contributed by atoms with Crippen molar-refractivity contribution in [2.45, 2.75) is 6.92 Å². The number of hydrogen-bond acceptors (Lipinski definition) is 5. The lowest BCUT2D eigenvalue weighted by atomic mass is 10.2. The molecular weight excluding hydrogens is 210 g/mol. The number of anilines is 1. The molecular formula is C11H11NO4. The Bertz CT molecular complexity index is 518. The average molecular weight is 221 g/mol. The van der Waals surface area contributed by atoms with Crippen LogP contribution < -0.4 is 10.5 Å². The highest BCUT2D eigenvalue weighted by Gasteiger charge is 2.10. The summed E-state index contributed by atoms with van der Waals surface area (Å²) in [5.74, 6) is 0.0963. The molecule has 0 amide bonds. The zero-order valence-electron chi connectivity index (χ0n) is 8.73. The van der Waals surface area contributed by atoms with Crippen LogP contribution in [0.5, 0.6) is 5.95 Å². The molecule has 0 fully saturated rings. The molecule has 0 aliphatic carbocycles. The first-order valence-electron chi connectivity index (χ1n) is 4.82. The monoisotopic (exact) mass is 221 g/mol. The van der Waals surface area contributed by atoms with Gasteiger partial charge in [0.2, 0.25) is 0 Å². The molecule has 1 aromatic carbocycles. The molecule has 0 aliphatic rings. The zero-order valence-corrected chi connectivity index (χ0v) is 8.73. The highest BCUT2D eigenvalue weighted by molar-refractivity contribution is 5.82. The van der Waals surface area contributed by atoms with E-state index in [2.05, 4.69) is 4.74 Å². The number of hydrogen-bond donors (Lipinski definition) is 1. The largest absolute Gasteiger partial charge is 0.516 e. The third-order valence-electron chi connectivity index (χ3n) is 1.96. The SMILES string of the molecule is CCOC(=O)Oc1cc2cc(N)ccc2o1. The van der Waals surface area contributed by atoms with Crippen molar-refractivity contribution in [3.8, 4) is 5.95 Å². The maximum atomic E-state index is 11.0. The second-order valence-electron chi connectivity index (χ2n) is 3.15. The highest BCUT2D eigenvalue weighted by Crippen LogP contribution is 2.26. The quantitative estimate of drug-likeness (QED) is 0.623. The Kier molecular flexibility index (Phi) is 2.68. The molecule has 0 radical (unpaired) electrons. The van der Waals surface area contributed by atoms with E-state index in [1.54, 1.807) is 31.2 Å². The minimum atomic E-state index is -0.783. The Labute approximate surface area is 91.7 Å². The van der Waals surface area contributed by atoms with Crippen molar-refractivity contribution in [2.75, 3.05) is 12.3 Å².